The fourth-order valence-electron chi connectivity index (χ4n) is 2.67. The van der Waals surface area contributed by atoms with Crippen molar-refractivity contribution in [2.45, 2.75) is 30.9 Å². The van der Waals surface area contributed by atoms with Crippen LogP contribution in [-0.4, -0.2) is 33.7 Å². The highest BCUT2D eigenvalue weighted by Gasteiger charge is 2.16. The second-order valence-corrected chi connectivity index (χ2v) is 6.56. The maximum atomic E-state index is 12.1. The van der Waals surface area contributed by atoms with Crippen molar-refractivity contribution in [2.75, 3.05) is 12.3 Å². The molecule has 0 radical (unpaired) electrons. The first-order valence-electron chi connectivity index (χ1n) is 7.17. The van der Waals surface area contributed by atoms with E-state index in [0.717, 1.165) is 21.9 Å². The largest absolute Gasteiger partial charge is 0.350 e. The zero-order chi connectivity index (χ0) is 13.8. The summed E-state index contributed by atoms with van der Waals surface area (Å²) in [7, 11) is 0. The van der Waals surface area contributed by atoms with Crippen LogP contribution in [0.3, 0.4) is 0 Å². The van der Waals surface area contributed by atoms with E-state index in [9.17, 15) is 4.79 Å². The molecule has 0 saturated heterocycles. The van der Waals surface area contributed by atoms with Gasteiger partial charge in [-0.1, -0.05) is 31.0 Å². The molecule has 1 aliphatic carbocycles. The molecule has 20 heavy (non-hydrogen) atoms. The average molecular weight is 289 g/mol. The number of hydrogen-bond donors (Lipinski definition) is 2. The quantitative estimate of drug-likeness (QED) is 0.832. The molecule has 1 fully saturated rings. The van der Waals surface area contributed by atoms with Crippen molar-refractivity contribution in [2.24, 2.45) is 0 Å². The highest BCUT2D eigenvalue weighted by atomic mass is 32.2. The molecule has 0 aliphatic heterocycles. The van der Waals surface area contributed by atoms with Crippen molar-refractivity contribution < 1.29 is 4.79 Å². The van der Waals surface area contributed by atoms with Gasteiger partial charge >= 0.3 is 0 Å². The predicted octanol–water partition coefficient (Wildman–Crippen LogP) is 2.97. The Hall–Kier alpha value is -1.49. The lowest BCUT2D eigenvalue weighted by Gasteiger charge is -2.08. The van der Waals surface area contributed by atoms with Gasteiger partial charge in [0.15, 0.2) is 5.69 Å². The molecule has 5 heteroatoms. The van der Waals surface area contributed by atoms with Crippen LogP contribution in [0.2, 0.25) is 0 Å². The second kappa shape index (κ2) is 6.31. The highest BCUT2D eigenvalue weighted by Crippen LogP contribution is 2.28. The number of amides is 1. The van der Waals surface area contributed by atoms with Gasteiger partial charge in [-0.05, 0) is 18.9 Å². The number of hydrogen-bond acceptors (Lipinski definition) is 3. The second-order valence-electron chi connectivity index (χ2n) is 5.15. The molecule has 4 nitrogen and oxygen atoms in total. The zero-order valence-electron chi connectivity index (χ0n) is 11.4. The number of aromatic amines is 1. The molecule has 1 saturated carbocycles. The van der Waals surface area contributed by atoms with Crippen LogP contribution >= 0.6 is 11.8 Å². The number of carbonyl (C=O) groups excluding carboxylic acids is 1. The van der Waals surface area contributed by atoms with Crippen molar-refractivity contribution >= 4 is 28.6 Å². The fourth-order valence-corrected chi connectivity index (χ4v) is 3.89. The van der Waals surface area contributed by atoms with E-state index in [-0.39, 0.29) is 5.91 Å². The molecule has 1 heterocycles. The van der Waals surface area contributed by atoms with E-state index in [1.165, 1.54) is 25.7 Å². The molecule has 2 N–H and O–H groups in total. The minimum atomic E-state index is -0.0885. The smallest absolute Gasteiger partial charge is 0.272 e. The van der Waals surface area contributed by atoms with Crippen molar-refractivity contribution in [3.63, 3.8) is 0 Å². The summed E-state index contributed by atoms with van der Waals surface area (Å²) in [6.45, 7) is 0.710. The standard InChI is InChI=1S/C15H19N3OS/c19-15(16-9-10-20-11-5-1-2-6-11)14-12-7-3-4-8-13(12)17-18-14/h3-4,7-8,11H,1-2,5-6,9-10H2,(H,16,19)(H,17,18). The van der Waals surface area contributed by atoms with Gasteiger partial charge < -0.3 is 5.32 Å². The summed E-state index contributed by atoms with van der Waals surface area (Å²) in [5.74, 6) is 0.896. The third-order valence-electron chi connectivity index (χ3n) is 3.73. The van der Waals surface area contributed by atoms with Gasteiger partial charge in [0.1, 0.15) is 0 Å². The van der Waals surface area contributed by atoms with Crippen LogP contribution in [0.25, 0.3) is 10.9 Å². The van der Waals surface area contributed by atoms with Gasteiger partial charge in [0, 0.05) is 22.9 Å². The summed E-state index contributed by atoms with van der Waals surface area (Å²) >= 11 is 1.98. The molecule has 1 aliphatic rings. The van der Waals surface area contributed by atoms with Crippen molar-refractivity contribution in [3.8, 4) is 0 Å². The molecule has 0 atom stereocenters. The van der Waals surface area contributed by atoms with E-state index in [4.69, 9.17) is 0 Å². The number of H-pyrrole nitrogens is 1. The van der Waals surface area contributed by atoms with Gasteiger partial charge in [0.2, 0.25) is 0 Å². The van der Waals surface area contributed by atoms with E-state index in [1.807, 2.05) is 36.0 Å². The van der Waals surface area contributed by atoms with Crippen LogP contribution in [0.5, 0.6) is 0 Å². The normalized spacial score (nSPS) is 15.8. The summed E-state index contributed by atoms with van der Waals surface area (Å²) in [4.78, 5) is 12.1. The van der Waals surface area contributed by atoms with Crippen LogP contribution in [0.15, 0.2) is 24.3 Å². The monoisotopic (exact) mass is 289 g/mol. The van der Waals surface area contributed by atoms with Crippen molar-refractivity contribution in [3.05, 3.63) is 30.0 Å². The molecular weight excluding hydrogens is 270 g/mol. The number of para-hydroxylation sites is 1. The third-order valence-corrected chi connectivity index (χ3v) is 5.11. The summed E-state index contributed by atoms with van der Waals surface area (Å²) < 4.78 is 0. The van der Waals surface area contributed by atoms with Crippen LogP contribution < -0.4 is 5.32 Å². The summed E-state index contributed by atoms with van der Waals surface area (Å²) in [6.07, 6.45) is 5.40. The number of benzene rings is 1. The third kappa shape index (κ3) is 2.98. The Labute approximate surface area is 122 Å². The molecule has 1 aromatic carbocycles. The Kier molecular flexibility index (Phi) is 4.25. The van der Waals surface area contributed by atoms with Gasteiger partial charge in [-0.3, -0.25) is 9.89 Å². The molecular formula is C15H19N3OS. The molecule has 3 rings (SSSR count). The van der Waals surface area contributed by atoms with E-state index >= 15 is 0 Å². The number of nitrogens with one attached hydrogen (secondary N) is 2. The first-order chi connectivity index (χ1) is 9.84. The molecule has 106 valence electrons. The summed E-state index contributed by atoms with van der Waals surface area (Å²) in [5.41, 5.74) is 1.39. The topological polar surface area (TPSA) is 57.8 Å². The predicted molar refractivity (Wildman–Crippen MR) is 83.1 cm³/mol. The number of thioether (sulfide) groups is 1. The Balaban J connectivity index is 1.51. The van der Waals surface area contributed by atoms with E-state index in [2.05, 4.69) is 15.5 Å². The van der Waals surface area contributed by atoms with Crippen LogP contribution in [-0.2, 0) is 0 Å². The summed E-state index contributed by atoms with van der Waals surface area (Å²) in [5, 5.41) is 11.6. The van der Waals surface area contributed by atoms with Gasteiger partial charge in [0.25, 0.3) is 5.91 Å². The maximum Gasteiger partial charge on any atom is 0.272 e. The van der Waals surface area contributed by atoms with Gasteiger partial charge in [-0.15, -0.1) is 0 Å². The number of rotatable bonds is 5. The van der Waals surface area contributed by atoms with Crippen LogP contribution in [0.1, 0.15) is 36.2 Å². The number of carbonyl (C=O) groups is 1. The number of fused-ring (bicyclic) bond motifs is 1. The molecule has 0 unspecified atom stereocenters. The summed E-state index contributed by atoms with van der Waals surface area (Å²) in [6, 6.07) is 7.70. The fraction of sp³-hybridized carbons (Fsp3) is 0.467. The van der Waals surface area contributed by atoms with Crippen LogP contribution in [0, 0.1) is 0 Å². The van der Waals surface area contributed by atoms with Crippen LogP contribution in [0.4, 0.5) is 0 Å². The van der Waals surface area contributed by atoms with Gasteiger partial charge in [0.05, 0.1) is 5.52 Å². The highest BCUT2D eigenvalue weighted by molar-refractivity contribution is 7.99. The van der Waals surface area contributed by atoms with Crippen molar-refractivity contribution in [1.29, 1.82) is 0 Å². The zero-order valence-corrected chi connectivity index (χ0v) is 12.2. The molecule has 0 spiro atoms. The SMILES string of the molecule is O=C(NCCSC1CCCC1)c1n[nH]c2ccccc12. The number of nitrogens with zero attached hydrogens (tertiary/aromatic N) is 1. The Morgan fingerprint density at radius 2 is 2.15 bits per heavy atom. The Morgan fingerprint density at radius 3 is 3.00 bits per heavy atom. The minimum absolute atomic E-state index is 0.0885. The lowest BCUT2D eigenvalue weighted by molar-refractivity contribution is 0.0953. The first-order valence-corrected chi connectivity index (χ1v) is 8.22. The van der Waals surface area contributed by atoms with E-state index in [1.54, 1.807) is 0 Å². The first kappa shape index (κ1) is 13.5. The van der Waals surface area contributed by atoms with E-state index < -0.39 is 0 Å². The Morgan fingerprint density at radius 1 is 1.35 bits per heavy atom. The molecule has 2 aromatic rings. The van der Waals surface area contributed by atoms with Crippen molar-refractivity contribution in [1.82, 2.24) is 15.5 Å². The average Bonchev–Trinajstić information content (AvgIpc) is 3.12. The lowest BCUT2D eigenvalue weighted by Crippen LogP contribution is -2.26. The minimum Gasteiger partial charge on any atom is -0.350 e. The molecule has 1 aromatic heterocycles. The van der Waals surface area contributed by atoms with E-state index in [0.29, 0.717) is 12.2 Å². The van der Waals surface area contributed by atoms with Gasteiger partial charge in [-0.25, -0.2) is 0 Å². The van der Waals surface area contributed by atoms with Gasteiger partial charge in [-0.2, -0.15) is 16.9 Å². The maximum absolute atomic E-state index is 12.1. The lowest BCUT2D eigenvalue weighted by atomic mass is 10.2. The number of aromatic nitrogens is 2. The Bertz CT molecular complexity index is 590. The molecule has 0 bridgehead atoms. The molecule has 1 amide bonds.